The average Bonchev–Trinajstić information content (AvgIpc) is 3.04. The van der Waals surface area contributed by atoms with Gasteiger partial charge in [0.1, 0.15) is 0 Å². The minimum absolute atomic E-state index is 0.102. The Morgan fingerprint density at radius 3 is 2.10 bits per heavy atom. The summed E-state index contributed by atoms with van der Waals surface area (Å²) in [6, 6.07) is 22.9. The van der Waals surface area contributed by atoms with E-state index in [0.29, 0.717) is 6.42 Å². The minimum atomic E-state index is -0.647. The molecule has 1 nitrogen and oxygen atoms in total. The molecule has 0 atom stereocenters. The molecule has 30 heavy (non-hydrogen) atoms. The summed E-state index contributed by atoms with van der Waals surface area (Å²) in [4.78, 5) is 13.3. The molecule has 5 rings (SSSR count). The van der Waals surface area contributed by atoms with Gasteiger partial charge < -0.3 is 0 Å². The van der Waals surface area contributed by atoms with Crippen molar-refractivity contribution in [1.82, 2.24) is 0 Å². The summed E-state index contributed by atoms with van der Waals surface area (Å²) in [5.74, 6) is 0.102. The first-order valence-electron chi connectivity index (χ1n) is 9.79. The van der Waals surface area contributed by atoms with Crippen LogP contribution >= 0.6 is 31.9 Å². The molecule has 0 unspecified atom stereocenters. The lowest BCUT2D eigenvalue weighted by molar-refractivity contribution is 0.0994. The maximum atomic E-state index is 13.3. The van der Waals surface area contributed by atoms with Crippen molar-refractivity contribution in [1.29, 1.82) is 0 Å². The van der Waals surface area contributed by atoms with Crippen molar-refractivity contribution in [2.45, 2.75) is 11.8 Å². The quantitative estimate of drug-likeness (QED) is 0.298. The standard InChI is InChI=1S/C27H18Br2O/c1-17-15-18(28)7-6-12-26(30)22-14-13-19(29)16-25(22)27(17)23-10-4-2-8-20(23)21-9-3-5-11-24(21)27/h2-11,13-16H,1,12H2/b7-6-,18-15+. The van der Waals surface area contributed by atoms with Crippen molar-refractivity contribution in [3.8, 4) is 11.1 Å². The minimum Gasteiger partial charge on any atom is -0.294 e. The molecule has 1 spiro atoms. The summed E-state index contributed by atoms with van der Waals surface area (Å²) in [7, 11) is 0. The first-order valence-corrected chi connectivity index (χ1v) is 11.4. The van der Waals surface area contributed by atoms with Crippen LogP contribution in [0, 0.1) is 0 Å². The van der Waals surface area contributed by atoms with Gasteiger partial charge in [0, 0.05) is 20.9 Å². The lowest BCUT2D eigenvalue weighted by atomic mass is 9.65. The fourth-order valence-electron chi connectivity index (χ4n) is 4.83. The van der Waals surface area contributed by atoms with Crippen molar-refractivity contribution in [2.75, 3.05) is 0 Å². The second-order valence-corrected chi connectivity index (χ2v) is 9.45. The smallest absolute Gasteiger partial charge is 0.166 e. The third kappa shape index (κ3) is 2.76. The summed E-state index contributed by atoms with van der Waals surface area (Å²) in [5, 5.41) is 0. The molecule has 0 aromatic heterocycles. The maximum absolute atomic E-state index is 13.3. The molecule has 3 aromatic carbocycles. The average molecular weight is 518 g/mol. The normalized spacial score (nSPS) is 19.5. The molecule has 0 N–H and O–H groups in total. The van der Waals surface area contributed by atoms with Crippen molar-refractivity contribution in [3.63, 3.8) is 0 Å². The summed E-state index contributed by atoms with van der Waals surface area (Å²) < 4.78 is 1.85. The molecule has 0 bridgehead atoms. The highest BCUT2D eigenvalue weighted by atomic mass is 79.9. The number of Topliss-reactive ketones (excluding diaryl/α,β-unsaturated/α-hetero) is 1. The largest absolute Gasteiger partial charge is 0.294 e. The van der Waals surface area contributed by atoms with Gasteiger partial charge in [0.25, 0.3) is 0 Å². The van der Waals surface area contributed by atoms with Crippen LogP contribution in [0.3, 0.4) is 0 Å². The Morgan fingerprint density at radius 1 is 0.800 bits per heavy atom. The highest BCUT2D eigenvalue weighted by Crippen LogP contribution is 2.57. The van der Waals surface area contributed by atoms with Crippen LogP contribution in [0.1, 0.15) is 33.5 Å². The van der Waals surface area contributed by atoms with E-state index in [1.54, 1.807) is 0 Å². The van der Waals surface area contributed by atoms with Gasteiger partial charge in [0.15, 0.2) is 5.78 Å². The van der Waals surface area contributed by atoms with E-state index in [1.165, 1.54) is 11.1 Å². The fourth-order valence-corrected chi connectivity index (χ4v) is 5.65. The second kappa shape index (κ2) is 7.33. The van der Waals surface area contributed by atoms with Gasteiger partial charge in [0.2, 0.25) is 0 Å². The highest BCUT2D eigenvalue weighted by Gasteiger charge is 2.47. The van der Waals surface area contributed by atoms with Crippen molar-refractivity contribution < 1.29 is 4.79 Å². The van der Waals surface area contributed by atoms with Crippen LogP contribution in [-0.2, 0) is 5.41 Å². The molecule has 0 amide bonds. The number of hydrogen-bond donors (Lipinski definition) is 0. The molecule has 0 saturated carbocycles. The topological polar surface area (TPSA) is 17.1 Å². The number of hydrogen-bond acceptors (Lipinski definition) is 1. The van der Waals surface area contributed by atoms with E-state index < -0.39 is 5.41 Å². The second-order valence-electron chi connectivity index (χ2n) is 7.62. The molecule has 0 radical (unpaired) electrons. The Balaban J connectivity index is 2.00. The van der Waals surface area contributed by atoms with E-state index >= 15 is 0 Å². The lowest BCUT2D eigenvalue weighted by Crippen LogP contribution is -2.31. The molecule has 0 fully saturated rings. The van der Waals surface area contributed by atoms with Crippen molar-refractivity contribution in [3.05, 3.63) is 128 Å². The third-order valence-corrected chi connectivity index (χ3v) is 7.00. The Kier molecular flexibility index (Phi) is 4.76. The number of carbonyl (C=O) groups is 1. The number of fused-ring (bicyclic) bond motifs is 7. The SMILES string of the molecule is C=C1/C=C(Br)\C=C/CC(=O)c2ccc(Br)cc2C12c1ccccc1-c1ccccc12. The number of halogens is 2. The first-order chi connectivity index (χ1) is 14.5. The van der Waals surface area contributed by atoms with E-state index in [9.17, 15) is 4.79 Å². The molecule has 3 aromatic rings. The molecule has 0 aliphatic heterocycles. The van der Waals surface area contributed by atoms with E-state index in [1.807, 2.05) is 24.3 Å². The van der Waals surface area contributed by atoms with Gasteiger partial charge in [0.05, 0.1) is 5.41 Å². The number of rotatable bonds is 0. The molecular formula is C27H18Br2O. The van der Waals surface area contributed by atoms with Gasteiger partial charge in [-0.25, -0.2) is 0 Å². The van der Waals surface area contributed by atoms with Gasteiger partial charge in [-0.1, -0.05) is 99.1 Å². The van der Waals surface area contributed by atoms with Gasteiger partial charge in [-0.2, -0.15) is 0 Å². The van der Waals surface area contributed by atoms with Gasteiger partial charge >= 0.3 is 0 Å². The highest BCUT2D eigenvalue weighted by molar-refractivity contribution is 9.12. The molecule has 2 aliphatic carbocycles. The zero-order chi connectivity index (χ0) is 20.9. The van der Waals surface area contributed by atoms with Gasteiger partial charge in [-0.3, -0.25) is 4.79 Å². The molecule has 146 valence electrons. The van der Waals surface area contributed by atoms with Crippen LogP contribution in [0.25, 0.3) is 11.1 Å². The fraction of sp³-hybridized carbons (Fsp3) is 0.0741. The Bertz CT molecular complexity index is 1230. The number of ketones is 1. The van der Waals surface area contributed by atoms with Crippen molar-refractivity contribution in [2.24, 2.45) is 0 Å². The predicted octanol–water partition coefficient (Wildman–Crippen LogP) is 7.74. The Labute approximate surface area is 193 Å². The van der Waals surface area contributed by atoms with Gasteiger partial charge in [-0.05, 0) is 57.7 Å². The van der Waals surface area contributed by atoms with E-state index in [4.69, 9.17) is 0 Å². The van der Waals surface area contributed by atoms with Crippen LogP contribution in [0.15, 0.2) is 106 Å². The lowest BCUT2D eigenvalue weighted by Gasteiger charge is -2.36. The van der Waals surface area contributed by atoms with Crippen LogP contribution in [-0.4, -0.2) is 5.78 Å². The van der Waals surface area contributed by atoms with Crippen LogP contribution < -0.4 is 0 Å². The van der Waals surface area contributed by atoms with E-state index in [0.717, 1.165) is 36.8 Å². The number of carbonyl (C=O) groups excluding carboxylic acids is 1. The third-order valence-electron chi connectivity index (χ3n) is 6.01. The zero-order valence-corrected chi connectivity index (χ0v) is 19.3. The van der Waals surface area contributed by atoms with Crippen LogP contribution in [0.5, 0.6) is 0 Å². The van der Waals surface area contributed by atoms with E-state index in [2.05, 4.69) is 99.1 Å². The summed E-state index contributed by atoms with van der Waals surface area (Å²) >= 11 is 7.30. The number of benzene rings is 3. The van der Waals surface area contributed by atoms with Crippen LogP contribution in [0.2, 0.25) is 0 Å². The molecule has 0 saturated heterocycles. The Morgan fingerprint density at radius 2 is 1.43 bits per heavy atom. The monoisotopic (exact) mass is 516 g/mol. The summed E-state index contributed by atoms with van der Waals surface area (Å²) in [6.07, 6.45) is 6.27. The predicted molar refractivity (Wildman–Crippen MR) is 130 cm³/mol. The maximum Gasteiger partial charge on any atom is 0.166 e. The van der Waals surface area contributed by atoms with Gasteiger partial charge in [-0.15, -0.1) is 0 Å². The molecule has 2 aliphatic rings. The summed E-state index contributed by atoms with van der Waals surface area (Å²) in [6.45, 7) is 4.56. The Hall–Kier alpha value is -2.49. The molecule has 3 heteroatoms. The van der Waals surface area contributed by atoms with E-state index in [-0.39, 0.29) is 5.78 Å². The zero-order valence-electron chi connectivity index (χ0n) is 16.2. The van der Waals surface area contributed by atoms with Crippen LogP contribution in [0.4, 0.5) is 0 Å². The molecule has 0 heterocycles. The number of allylic oxidation sites excluding steroid dienone is 5. The first kappa shape index (κ1) is 19.5. The van der Waals surface area contributed by atoms with Crippen molar-refractivity contribution >= 4 is 37.6 Å². The summed E-state index contributed by atoms with van der Waals surface area (Å²) in [5.41, 5.74) is 6.67. The molecular weight excluding hydrogens is 500 g/mol.